The standard InChI is InChI=1S/C12H11BrN2O2S/c1-3-7-15(8-6-14)18(16,17)11-4-5-12(13)10(2)9-11/h1,4-5,9H,7-8H2,2H3. The van der Waals surface area contributed by atoms with E-state index in [2.05, 4.69) is 21.9 Å². The van der Waals surface area contributed by atoms with E-state index in [1.807, 2.05) is 0 Å². The molecule has 1 aromatic rings. The summed E-state index contributed by atoms with van der Waals surface area (Å²) in [5, 5.41) is 8.64. The van der Waals surface area contributed by atoms with Crippen molar-refractivity contribution in [2.75, 3.05) is 13.1 Å². The third-order valence-electron chi connectivity index (χ3n) is 2.28. The van der Waals surface area contributed by atoms with E-state index in [1.54, 1.807) is 25.1 Å². The molecule has 0 atom stereocenters. The molecule has 0 aliphatic carbocycles. The van der Waals surface area contributed by atoms with Gasteiger partial charge >= 0.3 is 0 Å². The van der Waals surface area contributed by atoms with Gasteiger partial charge in [-0.05, 0) is 30.7 Å². The van der Waals surface area contributed by atoms with Gasteiger partial charge in [0, 0.05) is 4.47 Å². The maximum atomic E-state index is 12.2. The molecule has 0 amide bonds. The zero-order valence-corrected chi connectivity index (χ0v) is 12.1. The molecule has 0 spiro atoms. The number of aryl methyl sites for hydroxylation is 1. The van der Waals surface area contributed by atoms with Crippen molar-refractivity contribution in [3.05, 3.63) is 28.2 Å². The highest BCUT2D eigenvalue weighted by Gasteiger charge is 2.23. The number of nitrogens with zero attached hydrogens (tertiary/aromatic N) is 2. The second kappa shape index (κ2) is 6.01. The van der Waals surface area contributed by atoms with Crippen molar-refractivity contribution in [1.82, 2.24) is 4.31 Å². The summed E-state index contributed by atoms with van der Waals surface area (Å²) in [6.07, 6.45) is 5.12. The highest BCUT2D eigenvalue weighted by atomic mass is 79.9. The van der Waals surface area contributed by atoms with Crippen molar-refractivity contribution in [2.24, 2.45) is 0 Å². The summed E-state index contributed by atoms with van der Waals surface area (Å²) in [7, 11) is -3.72. The Morgan fingerprint density at radius 3 is 2.61 bits per heavy atom. The topological polar surface area (TPSA) is 61.2 Å². The molecule has 6 heteroatoms. The first-order chi connectivity index (χ1) is 8.43. The zero-order chi connectivity index (χ0) is 13.8. The predicted molar refractivity (Wildman–Crippen MR) is 72.1 cm³/mol. The van der Waals surface area contributed by atoms with Crippen LogP contribution in [0.15, 0.2) is 27.6 Å². The number of halogens is 1. The van der Waals surface area contributed by atoms with Crippen LogP contribution >= 0.6 is 15.9 Å². The molecule has 0 aromatic heterocycles. The maximum absolute atomic E-state index is 12.2. The van der Waals surface area contributed by atoms with Gasteiger partial charge in [0.2, 0.25) is 10.0 Å². The van der Waals surface area contributed by atoms with Gasteiger partial charge < -0.3 is 0 Å². The van der Waals surface area contributed by atoms with Gasteiger partial charge in [-0.15, -0.1) is 6.42 Å². The molecule has 0 radical (unpaired) electrons. The van der Waals surface area contributed by atoms with Crippen molar-refractivity contribution in [1.29, 1.82) is 5.26 Å². The minimum atomic E-state index is -3.72. The first-order valence-corrected chi connectivity index (χ1v) is 7.23. The summed E-state index contributed by atoms with van der Waals surface area (Å²) in [6, 6.07) is 6.47. The van der Waals surface area contributed by atoms with Crippen LogP contribution in [0.25, 0.3) is 0 Å². The molecule has 0 saturated carbocycles. The van der Waals surface area contributed by atoms with Gasteiger partial charge in [-0.1, -0.05) is 21.9 Å². The van der Waals surface area contributed by atoms with Gasteiger partial charge in [0.05, 0.1) is 17.5 Å². The van der Waals surface area contributed by atoms with Crippen LogP contribution in [0.4, 0.5) is 0 Å². The van der Waals surface area contributed by atoms with Crippen LogP contribution in [0.1, 0.15) is 5.56 Å². The lowest BCUT2D eigenvalue weighted by molar-refractivity contribution is 0.481. The molecule has 0 heterocycles. The molecule has 1 rings (SSSR count). The minimum Gasteiger partial charge on any atom is -0.207 e. The Bertz CT molecular complexity index is 610. The minimum absolute atomic E-state index is 0.120. The summed E-state index contributed by atoms with van der Waals surface area (Å²) in [4.78, 5) is 0.133. The van der Waals surface area contributed by atoms with Crippen LogP contribution in [0, 0.1) is 30.6 Å². The molecule has 0 fully saturated rings. The van der Waals surface area contributed by atoms with Crippen molar-refractivity contribution >= 4 is 26.0 Å². The molecule has 18 heavy (non-hydrogen) atoms. The predicted octanol–water partition coefficient (Wildman–Crippen LogP) is 1.91. The Hall–Kier alpha value is -1.34. The lowest BCUT2D eigenvalue weighted by Crippen LogP contribution is -2.31. The molecule has 0 aliphatic rings. The van der Waals surface area contributed by atoms with Gasteiger partial charge in [0.15, 0.2) is 0 Å². The van der Waals surface area contributed by atoms with E-state index < -0.39 is 10.0 Å². The Kier molecular flexibility index (Phi) is 4.92. The fraction of sp³-hybridized carbons (Fsp3) is 0.250. The highest BCUT2D eigenvalue weighted by Crippen LogP contribution is 2.22. The number of rotatable bonds is 4. The highest BCUT2D eigenvalue weighted by molar-refractivity contribution is 9.10. The summed E-state index contributed by atoms with van der Waals surface area (Å²) >= 11 is 3.30. The van der Waals surface area contributed by atoms with Crippen LogP contribution in [-0.2, 0) is 10.0 Å². The first-order valence-electron chi connectivity index (χ1n) is 5.00. The first kappa shape index (κ1) is 14.7. The normalized spacial score (nSPS) is 10.9. The van der Waals surface area contributed by atoms with E-state index in [0.717, 1.165) is 14.3 Å². The smallest absolute Gasteiger partial charge is 0.207 e. The van der Waals surface area contributed by atoms with Crippen LogP contribution in [0.5, 0.6) is 0 Å². The number of nitriles is 1. The zero-order valence-electron chi connectivity index (χ0n) is 9.72. The lowest BCUT2D eigenvalue weighted by Gasteiger charge is -2.17. The summed E-state index contributed by atoms with van der Waals surface area (Å²) in [6.45, 7) is 1.41. The number of sulfonamides is 1. The number of hydrogen-bond acceptors (Lipinski definition) is 3. The Balaban J connectivity index is 3.23. The van der Waals surface area contributed by atoms with Crippen LogP contribution in [0.2, 0.25) is 0 Å². The van der Waals surface area contributed by atoms with Crippen molar-refractivity contribution in [3.63, 3.8) is 0 Å². The molecule has 4 nitrogen and oxygen atoms in total. The second-order valence-corrected chi connectivity index (χ2v) is 6.34. The molecule has 0 saturated heterocycles. The number of terminal acetylenes is 1. The maximum Gasteiger partial charge on any atom is 0.244 e. The Morgan fingerprint density at radius 1 is 1.44 bits per heavy atom. The van der Waals surface area contributed by atoms with Crippen LogP contribution < -0.4 is 0 Å². The van der Waals surface area contributed by atoms with Crippen molar-refractivity contribution in [2.45, 2.75) is 11.8 Å². The summed E-state index contributed by atoms with van der Waals surface area (Å²) in [5.74, 6) is 2.24. The molecule has 0 aliphatic heterocycles. The third-order valence-corrected chi connectivity index (χ3v) is 4.96. The average Bonchev–Trinajstić information content (AvgIpc) is 2.32. The average molecular weight is 327 g/mol. The Labute approximate surface area is 115 Å². The van der Waals surface area contributed by atoms with Gasteiger partial charge in [-0.3, -0.25) is 0 Å². The molecular formula is C12H11BrN2O2S. The molecule has 0 unspecified atom stereocenters. The quantitative estimate of drug-likeness (QED) is 0.627. The molecule has 94 valence electrons. The van der Waals surface area contributed by atoms with E-state index in [-0.39, 0.29) is 18.0 Å². The molecule has 0 N–H and O–H groups in total. The second-order valence-electron chi connectivity index (χ2n) is 3.55. The van der Waals surface area contributed by atoms with Crippen LogP contribution in [0.3, 0.4) is 0 Å². The summed E-state index contributed by atoms with van der Waals surface area (Å²) in [5.41, 5.74) is 0.800. The van der Waals surface area contributed by atoms with E-state index >= 15 is 0 Å². The monoisotopic (exact) mass is 326 g/mol. The lowest BCUT2D eigenvalue weighted by atomic mass is 10.2. The van der Waals surface area contributed by atoms with E-state index in [1.165, 1.54) is 6.07 Å². The van der Waals surface area contributed by atoms with E-state index in [4.69, 9.17) is 11.7 Å². The Morgan fingerprint density at radius 2 is 2.11 bits per heavy atom. The third kappa shape index (κ3) is 3.11. The van der Waals surface area contributed by atoms with Gasteiger partial charge in [0.1, 0.15) is 6.54 Å². The van der Waals surface area contributed by atoms with Gasteiger partial charge in [-0.2, -0.15) is 9.57 Å². The van der Waals surface area contributed by atoms with Gasteiger partial charge in [-0.25, -0.2) is 8.42 Å². The van der Waals surface area contributed by atoms with E-state index in [0.29, 0.717) is 0 Å². The summed E-state index contributed by atoms with van der Waals surface area (Å²) < 4.78 is 26.3. The SMILES string of the molecule is C#CCN(CC#N)S(=O)(=O)c1ccc(Br)c(C)c1. The van der Waals surface area contributed by atoms with E-state index in [9.17, 15) is 8.42 Å². The van der Waals surface area contributed by atoms with Crippen molar-refractivity contribution in [3.8, 4) is 18.4 Å². The fourth-order valence-electron chi connectivity index (χ4n) is 1.33. The fourth-order valence-corrected chi connectivity index (χ4v) is 2.92. The number of benzene rings is 1. The molecule has 0 bridgehead atoms. The van der Waals surface area contributed by atoms with Crippen LogP contribution in [-0.4, -0.2) is 25.8 Å². The molecule has 1 aromatic carbocycles. The molecular weight excluding hydrogens is 316 g/mol. The number of hydrogen-bond donors (Lipinski definition) is 0. The van der Waals surface area contributed by atoms with Crippen molar-refractivity contribution < 1.29 is 8.42 Å². The largest absolute Gasteiger partial charge is 0.244 e. The van der Waals surface area contributed by atoms with Gasteiger partial charge in [0.25, 0.3) is 0 Å².